The van der Waals surface area contributed by atoms with E-state index >= 15 is 0 Å². The zero-order chi connectivity index (χ0) is 14.7. The van der Waals surface area contributed by atoms with Crippen molar-refractivity contribution in [1.82, 2.24) is 4.90 Å². The number of amides is 2. The summed E-state index contributed by atoms with van der Waals surface area (Å²) in [7, 11) is 1.54. The Morgan fingerprint density at radius 1 is 1.35 bits per heavy atom. The highest BCUT2D eigenvalue weighted by molar-refractivity contribution is 6.17. The Kier molecular flexibility index (Phi) is 4.05. The van der Waals surface area contributed by atoms with Crippen LogP contribution < -0.4 is 10.1 Å². The number of β-amino-alcohol motifs (C(OH)–C–C–N with tert-alkyl or cyclic N) is 1. The molecule has 0 atom stereocenters. The molecule has 0 spiro atoms. The summed E-state index contributed by atoms with van der Waals surface area (Å²) in [6.45, 7) is 1.61. The number of anilines is 1. The molecule has 0 aromatic heterocycles. The van der Waals surface area contributed by atoms with Gasteiger partial charge in [0.2, 0.25) is 0 Å². The number of aliphatic hydroxyl groups is 1. The number of hydrogen-bond acceptors (Lipinski definition) is 5. The number of ether oxygens (including phenoxy) is 1. The Labute approximate surface area is 116 Å². The van der Waals surface area contributed by atoms with E-state index in [1.807, 2.05) is 19.1 Å². The number of para-hydroxylation sites is 1. The highest BCUT2D eigenvalue weighted by Gasteiger charge is 2.31. The van der Waals surface area contributed by atoms with Crippen molar-refractivity contribution in [1.29, 1.82) is 0 Å². The summed E-state index contributed by atoms with van der Waals surface area (Å²) in [5.41, 5.74) is 1.72. The normalized spacial score (nSPS) is 14.6. The van der Waals surface area contributed by atoms with Gasteiger partial charge in [0, 0.05) is 6.08 Å². The first-order chi connectivity index (χ1) is 9.58. The van der Waals surface area contributed by atoms with Crippen LogP contribution in [0.15, 0.2) is 30.0 Å². The summed E-state index contributed by atoms with van der Waals surface area (Å²) in [6.07, 6.45) is 1.23. The lowest BCUT2D eigenvalue weighted by molar-refractivity contribution is -0.137. The van der Waals surface area contributed by atoms with E-state index in [0.717, 1.165) is 10.5 Å². The van der Waals surface area contributed by atoms with Gasteiger partial charge in [0.15, 0.2) is 0 Å². The minimum absolute atomic E-state index is 0.00967. The van der Waals surface area contributed by atoms with E-state index in [1.54, 1.807) is 6.07 Å². The molecule has 0 unspecified atom stereocenters. The van der Waals surface area contributed by atoms with Crippen LogP contribution in [0.25, 0.3) is 0 Å². The highest BCUT2D eigenvalue weighted by Crippen LogP contribution is 2.30. The molecule has 1 aliphatic rings. The highest BCUT2D eigenvalue weighted by atomic mass is 16.5. The first kappa shape index (κ1) is 14.1. The fourth-order valence-electron chi connectivity index (χ4n) is 2.02. The predicted octanol–water partition coefficient (Wildman–Crippen LogP) is 0.661. The van der Waals surface area contributed by atoms with E-state index in [-0.39, 0.29) is 18.8 Å². The van der Waals surface area contributed by atoms with Crippen LogP contribution in [-0.2, 0) is 9.59 Å². The molecule has 6 nitrogen and oxygen atoms in total. The number of carbonyl (C=O) groups is 2. The Hall–Kier alpha value is -2.34. The van der Waals surface area contributed by atoms with E-state index in [9.17, 15) is 9.59 Å². The zero-order valence-corrected chi connectivity index (χ0v) is 11.3. The van der Waals surface area contributed by atoms with Crippen molar-refractivity contribution in [2.45, 2.75) is 6.92 Å². The smallest absolute Gasteiger partial charge is 0.277 e. The van der Waals surface area contributed by atoms with E-state index in [0.29, 0.717) is 11.4 Å². The molecule has 6 heteroatoms. The molecule has 1 heterocycles. The van der Waals surface area contributed by atoms with Crippen LogP contribution in [0.4, 0.5) is 5.69 Å². The standard InChI is InChI=1S/C14H16N2O4/c1-9-4-3-5-11(20-2)13(9)15-10-8-12(18)16(6-7-17)14(10)19/h3-5,8,15,17H,6-7H2,1-2H3. The molecule has 0 bridgehead atoms. The summed E-state index contributed by atoms with van der Waals surface area (Å²) >= 11 is 0. The number of aliphatic hydroxyl groups excluding tert-OH is 1. The van der Waals surface area contributed by atoms with Crippen molar-refractivity contribution in [2.75, 3.05) is 25.6 Å². The summed E-state index contributed by atoms with van der Waals surface area (Å²) < 4.78 is 5.23. The Morgan fingerprint density at radius 3 is 2.75 bits per heavy atom. The molecule has 0 radical (unpaired) electrons. The summed E-state index contributed by atoms with van der Waals surface area (Å²) in [5, 5.41) is 11.8. The number of methoxy groups -OCH3 is 1. The third-order valence-electron chi connectivity index (χ3n) is 3.05. The van der Waals surface area contributed by atoms with Gasteiger partial charge in [-0.15, -0.1) is 0 Å². The third kappa shape index (κ3) is 2.50. The van der Waals surface area contributed by atoms with Crippen LogP contribution in [0.1, 0.15) is 5.56 Å². The monoisotopic (exact) mass is 276 g/mol. The largest absolute Gasteiger partial charge is 0.495 e. The SMILES string of the molecule is COc1cccc(C)c1NC1=CC(=O)N(CCO)C1=O. The van der Waals surface area contributed by atoms with Crippen LogP contribution in [-0.4, -0.2) is 42.1 Å². The van der Waals surface area contributed by atoms with Gasteiger partial charge in [0.25, 0.3) is 11.8 Å². The van der Waals surface area contributed by atoms with E-state index in [4.69, 9.17) is 9.84 Å². The second-order valence-corrected chi connectivity index (χ2v) is 4.35. The molecular formula is C14H16N2O4. The first-order valence-electron chi connectivity index (χ1n) is 6.17. The van der Waals surface area contributed by atoms with Gasteiger partial charge < -0.3 is 15.2 Å². The van der Waals surface area contributed by atoms with Crippen LogP contribution in [0.3, 0.4) is 0 Å². The number of nitrogens with zero attached hydrogens (tertiary/aromatic N) is 1. The molecule has 0 fully saturated rings. The molecule has 0 aliphatic carbocycles. The Bertz CT molecular complexity index is 581. The van der Waals surface area contributed by atoms with Crippen molar-refractivity contribution in [3.05, 3.63) is 35.5 Å². The fourth-order valence-corrected chi connectivity index (χ4v) is 2.02. The van der Waals surface area contributed by atoms with Crippen molar-refractivity contribution in [3.63, 3.8) is 0 Å². The second-order valence-electron chi connectivity index (χ2n) is 4.35. The number of aryl methyl sites for hydroxylation is 1. The van der Waals surface area contributed by atoms with Crippen molar-refractivity contribution in [2.24, 2.45) is 0 Å². The molecule has 1 aromatic carbocycles. The van der Waals surface area contributed by atoms with Gasteiger partial charge in [-0.25, -0.2) is 0 Å². The molecule has 0 saturated heterocycles. The van der Waals surface area contributed by atoms with E-state index in [1.165, 1.54) is 13.2 Å². The minimum Gasteiger partial charge on any atom is -0.495 e. The number of hydrogen-bond donors (Lipinski definition) is 2. The molecule has 2 rings (SSSR count). The molecule has 2 N–H and O–H groups in total. The molecule has 1 aromatic rings. The third-order valence-corrected chi connectivity index (χ3v) is 3.05. The second kappa shape index (κ2) is 5.75. The van der Waals surface area contributed by atoms with Crippen molar-refractivity contribution < 1.29 is 19.4 Å². The zero-order valence-electron chi connectivity index (χ0n) is 11.3. The number of carbonyl (C=O) groups excluding carboxylic acids is 2. The average molecular weight is 276 g/mol. The summed E-state index contributed by atoms with van der Waals surface area (Å²) in [5.74, 6) is -0.291. The first-order valence-corrected chi connectivity index (χ1v) is 6.17. The number of imide groups is 1. The lowest BCUT2D eigenvalue weighted by Crippen LogP contribution is -2.34. The van der Waals surface area contributed by atoms with Crippen molar-refractivity contribution in [3.8, 4) is 5.75 Å². The minimum atomic E-state index is -0.450. The quantitative estimate of drug-likeness (QED) is 0.772. The Balaban J connectivity index is 2.26. The van der Waals surface area contributed by atoms with Gasteiger partial charge in [-0.05, 0) is 18.6 Å². The maximum Gasteiger partial charge on any atom is 0.277 e. The molecule has 1 aliphatic heterocycles. The van der Waals surface area contributed by atoms with Crippen LogP contribution in [0, 0.1) is 6.92 Å². The van der Waals surface area contributed by atoms with E-state index < -0.39 is 11.8 Å². The molecule has 0 saturated carbocycles. The van der Waals surface area contributed by atoms with Gasteiger partial charge in [-0.2, -0.15) is 0 Å². The summed E-state index contributed by atoms with van der Waals surface area (Å²) in [4.78, 5) is 24.7. The van der Waals surface area contributed by atoms with E-state index in [2.05, 4.69) is 5.32 Å². The van der Waals surface area contributed by atoms with Crippen LogP contribution in [0.5, 0.6) is 5.75 Å². The van der Waals surface area contributed by atoms with Gasteiger partial charge >= 0.3 is 0 Å². The summed E-state index contributed by atoms with van der Waals surface area (Å²) in [6, 6.07) is 5.48. The van der Waals surface area contributed by atoms with Crippen LogP contribution >= 0.6 is 0 Å². The molecule has 20 heavy (non-hydrogen) atoms. The average Bonchev–Trinajstić information content (AvgIpc) is 2.69. The molecular weight excluding hydrogens is 260 g/mol. The topological polar surface area (TPSA) is 78.9 Å². The fraction of sp³-hybridized carbons (Fsp3) is 0.286. The Morgan fingerprint density at radius 2 is 2.10 bits per heavy atom. The van der Waals surface area contributed by atoms with Crippen molar-refractivity contribution >= 4 is 17.5 Å². The lowest BCUT2D eigenvalue weighted by atomic mass is 10.1. The van der Waals surface area contributed by atoms with Gasteiger partial charge in [0.05, 0.1) is 25.9 Å². The molecule has 106 valence electrons. The van der Waals surface area contributed by atoms with Gasteiger partial charge in [-0.3, -0.25) is 14.5 Å². The maximum absolute atomic E-state index is 12.0. The maximum atomic E-state index is 12.0. The number of nitrogens with one attached hydrogen (secondary N) is 1. The predicted molar refractivity (Wildman–Crippen MR) is 73.2 cm³/mol. The van der Waals surface area contributed by atoms with Crippen LogP contribution in [0.2, 0.25) is 0 Å². The lowest BCUT2D eigenvalue weighted by Gasteiger charge is -2.16. The van der Waals surface area contributed by atoms with Gasteiger partial charge in [0.1, 0.15) is 11.4 Å². The number of benzene rings is 1. The molecule has 2 amide bonds. The number of rotatable bonds is 5. The van der Waals surface area contributed by atoms with Gasteiger partial charge in [-0.1, -0.05) is 12.1 Å².